The molecule has 1 aliphatic heterocycles. The fraction of sp³-hybridized carbons (Fsp3) is 0.286. The van der Waals surface area contributed by atoms with E-state index in [1.165, 1.54) is 0 Å². The molecular weight excluding hydrogens is 328 g/mol. The molecule has 100 valence electrons. The first-order valence-electron chi connectivity index (χ1n) is 6.02. The van der Waals surface area contributed by atoms with Crippen LogP contribution in [-0.4, -0.2) is 23.9 Å². The summed E-state index contributed by atoms with van der Waals surface area (Å²) in [5.74, 6) is 1.44. The number of fused-ring (bicyclic) bond motifs is 1. The maximum atomic E-state index is 10.3. The van der Waals surface area contributed by atoms with Crippen molar-refractivity contribution in [2.45, 2.75) is 18.6 Å². The van der Waals surface area contributed by atoms with Gasteiger partial charge in [0.15, 0.2) is 17.6 Å². The van der Waals surface area contributed by atoms with Crippen LogP contribution in [0.25, 0.3) is 0 Å². The van der Waals surface area contributed by atoms with Gasteiger partial charge < -0.3 is 14.6 Å². The maximum absolute atomic E-state index is 10.3. The van der Waals surface area contributed by atoms with Crippen LogP contribution in [0, 0.1) is 0 Å². The predicted octanol–water partition coefficient (Wildman–Crippen LogP) is 3.25. The number of thiophene rings is 1. The Bertz CT molecular complexity index is 569. The van der Waals surface area contributed by atoms with Crippen LogP contribution in [0.2, 0.25) is 0 Å². The lowest BCUT2D eigenvalue weighted by Crippen LogP contribution is -2.40. The number of hydrogen-bond acceptors (Lipinski definition) is 4. The average Bonchev–Trinajstić information content (AvgIpc) is 2.84. The molecule has 0 saturated carbocycles. The summed E-state index contributed by atoms with van der Waals surface area (Å²) in [5.41, 5.74) is 0. The van der Waals surface area contributed by atoms with Crippen LogP contribution in [0.1, 0.15) is 4.88 Å². The second-order valence-electron chi connectivity index (χ2n) is 4.38. The van der Waals surface area contributed by atoms with E-state index in [4.69, 9.17) is 9.47 Å². The van der Waals surface area contributed by atoms with E-state index >= 15 is 0 Å². The summed E-state index contributed by atoms with van der Waals surface area (Å²) in [7, 11) is 0. The Hall–Kier alpha value is -1.04. The van der Waals surface area contributed by atoms with E-state index in [1.54, 1.807) is 11.3 Å². The molecule has 3 rings (SSSR count). The highest BCUT2D eigenvalue weighted by atomic mass is 79.9. The quantitative estimate of drug-likeness (QED) is 0.931. The van der Waals surface area contributed by atoms with Gasteiger partial charge in [-0.15, -0.1) is 11.3 Å². The lowest BCUT2D eigenvalue weighted by molar-refractivity contribution is -0.00913. The minimum Gasteiger partial charge on any atom is -0.486 e. The van der Waals surface area contributed by atoms with Crippen molar-refractivity contribution >= 4 is 27.3 Å². The van der Waals surface area contributed by atoms with E-state index < -0.39 is 6.10 Å². The summed E-state index contributed by atoms with van der Waals surface area (Å²) in [4.78, 5) is 1.12. The van der Waals surface area contributed by atoms with Crippen LogP contribution >= 0.6 is 27.3 Å². The zero-order chi connectivity index (χ0) is 13.2. The van der Waals surface area contributed by atoms with Crippen molar-refractivity contribution < 1.29 is 14.6 Å². The fourth-order valence-corrected chi connectivity index (χ4v) is 3.58. The molecule has 5 heteroatoms. The third-order valence-electron chi connectivity index (χ3n) is 3.05. The molecule has 19 heavy (non-hydrogen) atoms. The summed E-state index contributed by atoms with van der Waals surface area (Å²) in [6, 6.07) is 9.51. The zero-order valence-corrected chi connectivity index (χ0v) is 12.5. The second kappa shape index (κ2) is 5.53. The van der Waals surface area contributed by atoms with Crippen molar-refractivity contribution in [3.63, 3.8) is 0 Å². The number of aliphatic hydroxyl groups excluding tert-OH is 1. The van der Waals surface area contributed by atoms with Gasteiger partial charge in [-0.3, -0.25) is 0 Å². The Morgan fingerprint density at radius 3 is 2.84 bits per heavy atom. The Kier molecular flexibility index (Phi) is 3.77. The van der Waals surface area contributed by atoms with E-state index in [2.05, 4.69) is 15.9 Å². The first kappa shape index (κ1) is 13.0. The molecule has 0 saturated heterocycles. The van der Waals surface area contributed by atoms with Crippen LogP contribution in [0.5, 0.6) is 11.5 Å². The first-order chi connectivity index (χ1) is 9.24. The Morgan fingerprint density at radius 2 is 2.11 bits per heavy atom. The van der Waals surface area contributed by atoms with Crippen molar-refractivity contribution in [2.75, 3.05) is 6.61 Å². The molecule has 1 aromatic carbocycles. The molecule has 2 unspecified atom stereocenters. The molecule has 0 fully saturated rings. The highest BCUT2D eigenvalue weighted by molar-refractivity contribution is 9.10. The highest BCUT2D eigenvalue weighted by Gasteiger charge is 2.28. The average molecular weight is 341 g/mol. The minimum atomic E-state index is -0.580. The van der Waals surface area contributed by atoms with Gasteiger partial charge in [0.2, 0.25) is 0 Å². The fourth-order valence-electron chi connectivity index (χ4n) is 2.02. The van der Waals surface area contributed by atoms with Gasteiger partial charge in [-0.05, 0) is 39.5 Å². The number of para-hydroxylation sites is 2. The largest absolute Gasteiger partial charge is 0.486 e. The molecule has 2 atom stereocenters. The van der Waals surface area contributed by atoms with Crippen molar-refractivity contribution in [1.29, 1.82) is 0 Å². The summed E-state index contributed by atoms with van der Waals surface area (Å²) >= 11 is 5.10. The third kappa shape index (κ3) is 2.78. The van der Waals surface area contributed by atoms with Gasteiger partial charge in [0.05, 0.1) is 6.10 Å². The first-order valence-corrected chi connectivity index (χ1v) is 7.70. The van der Waals surface area contributed by atoms with Crippen molar-refractivity contribution in [2.24, 2.45) is 0 Å². The Morgan fingerprint density at radius 1 is 1.32 bits per heavy atom. The molecule has 0 spiro atoms. The van der Waals surface area contributed by atoms with Gasteiger partial charge in [-0.25, -0.2) is 0 Å². The lowest BCUT2D eigenvalue weighted by atomic mass is 10.1. The zero-order valence-electron chi connectivity index (χ0n) is 10.1. The number of rotatable bonds is 3. The van der Waals surface area contributed by atoms with Gasteiger partial charge in [-0.2, -0.15) is 0 Å². The molecule has 0 aliphatic carbocycles. The molecule has 3 nitrogen and oxygen atoms in total. The van der Waals surface area contributed by atoms with Crippen LogP contribution in [-0.2, 0) is 6.42 Å². The van der Waals surface area contributed by atoms with Crippen molar-refractivity contribution in [1.82, 2.24) is 0 Å². The van der Waals surface area contributed by atoms with Gasteiger partial charge in [0.1, 0.15) is 6.61 Å². The Balaban J connectivity index is 1.69. The third-order valence-corrected chi connectivity index (χ3v) is 4.99. The summed E-state index contributed by atoms with van der Waals surface area (Å²) < 4.78 is 12.4. The number of ether oxygens (including phenoxy) is 2. The van der Waals surface area contributed by atoms with Crippen LogP contribution in [0.4, 0.5) is 0 Å². The number of aliphatic hydroxyl groups is 1. The van der Waals surface area contributed by atoms with Crippen LogP contribution in [0.3, 0.4) is 0 Å². The predicted molar refractivity (Wildman–Crippen MR) is 78.1 cm³/mol. The van der Waals surface area contributed by atoms with E-state index in [1.807, 2.05) is 35.7 Å². The van der Waals surface area contributed by atoms with Gasteiger partial charge in [-0.1, -0.05) is 12.1 Å². The van der Waals surface area contributed by atoms with Gasteiger partial charge >= 0.3 is 0 Å². The normalized spacial score (nSPS) is 19.2. The van der Waals surface area contributed by atoms with Crippen LogP contribution < -0.4 is 9.47 Å². The van der Waals surface area contributed by atoms with Gasteiger partial charge in [0.25, 0.3) is 0 Å². The molecular formula is C14H13BrO3S. The monoisotopic (exact) mass is 340 g/mol. The van der Waals surface area contributed by atoms with E-state index in [0.29, 0.717) is 18.8 Å². The maximum Gasteiger partial charge on any atom is 0.161 e. The molecule has 1 aromatic heterocycles. The summed E-state index contributed by atoms with van der Waals surface area (Å²) in [6.45, 7) is 0.376. The topological polar surface area (TPSA) is 38.7 Å². The van der Waals surface area contributed by atoms with Gasteiger partial charge in [0, 0.05) is 15.8 Å². The molecule has 0 amide bonds. The standard InChI is InChI=1S/C14H13BrO3S/c15-9-5-6-19-14(9)7-10(16)13-8-17-11-3-1-2-4-12(11)18-13/h1-6,10,13,16H,7-8H2. The van der Waals surface area contributed by atoms with E-state index in [-0.39, 0.29) is 6.10 Å². The Labute approximate surface area is 123 Å². The minimum absolute atomic E-state index is 0.330. The number of hydrogen-bond donors (Lipinski definition) is 1. The molecule has 0 bridgehead atoms. The number of halogens is 1. The van der Waals surface area contributed by atoms with Crippen LogP contribution in [0.15, 0.2) is 40.2 Å². The second-order valence-corrected chi connectivity index (χ2v) is 6.23. The highest BCUT2D eigenvalue weighted by Crippen LogP contribution is 2.32. The molecule has 1 N–H and O–H groups in total. The summed E-state index contributed by atoms with van der Waals surface area (Å²) in [6.07, 6.45) is -0.346. The molecule has 2 heterocycles. The van der Waals surface area contributed by atoms with Crippen molar-refractivity contribution in [3.05, 3.63) is 45.1 Å². The van der Waals surface area contributed by atoms with E-state index in [9.17, 15) is 5.11 Å². The van der Waals surface area contributed by atoms with Crippen molar-refractivity contribution in [3.8, 4) is 11.5 Å². The number of benzene rings is 1. The SMILES string of the molecule is OC(Cc1sccc1Br)C1COc2ccccc2O1. The lowest BCUT2D eigenvalue weighted by Gasteiger charge is -2.29. The van der Waals surface area contributed by atoms with E-state index in [0.717, 1.165) is 15.1 Å². The smallest absolute Gasteiger partial charge is 0.161 e. The molecule has 1 aliphatic rings. The molecule has 0 radical (unpaired) electrons. The summed E-state index contributed by atoms with van der Waals surface area (Å²) in [5, 5.41) is 12.3. The molecule has 2 aromatic rings.